The number of halogens is 1. The minimum atomic E-state index is 0.473. The van der Waals surface area contributed by atoms with Gasteiger partial charge in [0.05, 0.1) is 7.11 Å². The standard InChI is InChI=1S/C13H12BrNO2/c1-9-8-10(14)5-6-11(9)17-13-12(16-2)4-3-7-15-13/h3-8H,1-2H3. The summed E-state index contributed by atoms with van der Waals surface area (Å²) in [4.78, 5) is 4.15. The van der Waals surface area contributed by atoms with Crippen molar-refractivity contribution in [1.82, 2.24) is 4.98 Å². The summed E-state index contributed by atoms with van der Waals surface area (Å²) in [6.45, 7) is 1.98. The smallest absolute Gasteiger partial charge is 0.262 e. The predicted octanol–water partition coefficient (Wildman–Crippen LogP) is 3.95. The van der Waals surface area contributed by atoms with E-state index in [4.69, 9.17) is 9.47 Å². The summed E-state index contributed by atoms with van der Waals surface area (Å²) in [6.07, 6.45) is 1.67. The first-order valence-corrected chi connectivity index (χ1v) is 5.93. The number of aryl methyl sites for hydroxylation is 1. The van der Waals surface area contributed by atoms with Crippen molar-refractivity contribution in [2.24, 2.45) is 0 Å². The Morgan fingerprint density at radius 2 is 2.00 bits per heavy atom. The summed E-state index contributed by atoms with van der Waals surface area (Å²) in [7, 11) is 1.60. The van der Waals surface area contributed by atoms with Gasteiger partial charge in [0.2, 0.25) is 0 Å². The van der Waals surface area contributed by atoms with E-state index >= 15 is 0 Å². The Morgan fingerprint density at radius 3 is 2.71 bits per heavy atom. The Balaban J connectivity index is 2.31. The monoisotopic (exact) mass is 293 g/mol. The van der Waals surface area contributed by atoms with Crippen LogP contribution in [0.3, 0.4) is 0 Å². The Hall–Kier alpha value is -1.55. The molecule has 0 radical (unpaired) electrons. The molecule has 0 aliphatic carbocycles. The van der Waals surface area contributed by atoms with Crippen molar-refractivity contribution in [3.8, 4) is 17.4 Å². The highest BCUT2D eigenvalue weighted by atomic mass is 79.9. The molecule has 4 heteroatoms. The molecule has 0 fully saturated rings. The third-order valence-corrected chi connectivity index (χ3v) is 2.79. The van der Waals surface area contributed by atoms with Crippen LogP contribution in [0.1, 0.15) is 5.56 Å². The highest BCUT2D eigenvalue weighted by Gasteiger charge is 2.08. The molecule has 2 aromatic rings. The first-order chi connectivity index (χ1) is 8.20. The summed E-state index contributed by atoms with van der Waals surface area (Å²) in [6, 6.07) is 9.44. The molecular weight excluding hydrogens is 282 g/mol. The minimum Gasteiger partial charge on any atom is -0.491 e. The number of methoxy groups -OCH3 is 1. The molecule has 0 spiro atoms. The van der Waals surface area contributed by atoms with Gasteiger partial charge in [0.1, 0.15) is 5.75 Å². The topological polar surface area (TPSA) is 31.4 Å². The quantitative estimate of drug-likeness (QED) is 0.858. The molecule has 0 saturated carbocycles. The summed E-state index contributed by atoms with van der Waals surface area (Å²) in [5.74, 6) is 1.86. The van der Waals surface area contributed by atoms with Gasteiger partial charge in [-0.15, -0.1) is 0 Å². The number of ether oxygens (including phenoxy) is 2. The zero-order valence-electron chi connectivity index (χ0n) is 9.61. The highest BCUT2D eigenvalue weighted by molar-refractivity contribution is 9.10. The molecule has 0 saturated heterocycles. The van der Waals surface area contributed by atoms with Crippen LogP contribution < -0.4 is 9.47 Å². The maximum atomic E-state index is 5.73. The van der Waals surface area contributed by atoms with E-state index in [1.807, 2.05) is 31.2 Å². The van der Waals surface area contributed by atoms with E-state index in [1.165, 1.54) is 0 Å². The lowest BCUT2D eigenvalue weighted by atomic mass is 10.2. The maximum Gasteiger partial charge on any atom is 0.262 e. The minimum absolute atomic E-state index is 0.473. The molecule has 0 aliphatic heterocycles. The molecule has 1 heterocycles. The van der Waals surface area contributed by atoms with Gasteiger partial charge in [-0.05, 0) is 42.8 Å². The van der Waals surface area contributed by atoms with Gasteiger partial charge in [-0.1, -0.05) is 15.9 Å². The van der Waals surface area contributed by atoms with Crippen molar-refractivity contribution in [2.75, 3.05) is 7.11 Å². The summed E-state index contributed by atoms with van der Waals surface area (Å²) >= 11 is 3.41. The van der Waals surface area contributed by atoms with Crippen LogP contribution in [0, 0.1) is 6.92 Å². The molecule has 88 valence electrons. The number of hydrogen-bond donors (Lipinski definition) is 0. The van der Waals surface area contributed by atoms with Crippen LogP contribution in [0.5, 0.6) is 17.4 Å². The van der Waals surface area contributed by atoms with Crippen molar-refractivity contribution >= 4 is 15.9 Å². The van der Waals surface area contributed by atoms with Crippen LogP contribution >= 0.6 is 15.9 Å². The first kappa shape index (κ1) is 11.9. The molecule has 3 nitrogen and oxygen atoms in total. The zero-order valence-corrected chi connectivity index (χ0v) is 11.2. The van der Waals surface area contributed by atoms with Gasteiger partial charge in [0.25, 0.3) is 5.88 Å². The summed E-state index contributed by atoms with van der Waals surface area (Å²) < 4.78 is 11.9. The van der Waals surface area contributed by atoms with Gasteiger partial charge in [-0.3, -0.25) is 0 Å². The van der Waals surface area contributed by atoms with Gasteiger partial charge >= 0.3 is 0 Å². The van der Waals surface area contributed by atoms with Crippen molar-refractivity contribution < 1.29 is 9.47 Å². The van der Waals surface area contributed by atoms with E-state index in [-0.39, 0.29) is 0 Å². The Bertz CT molecular complexity index is 529. The summed E-state index contributed by atoms with van der Waals surface area (Å²) in [5, 5.41) is 0. The average Bonchev–Trinajstić information content (AvgIpc) is 2.33. The molecule has 17 heavy (non-hydrogen) atoms. The van der Waals surface area contributed by atoms with Crippen LogP contribution in [-0.2, 0) is 0 Å². The fourth-order valence-electron chi connectivity index (χ4n) is 1.44. The third kappa shape index (κ3) is 2.77. The van der Waals surface area contributed by atoms with Crippen LogP contribution in [0.4, 0.5) is 0 Å². The van der Waals surface area contributed by atoms with Gasteiger partial charge in [-0.25, -0.2) is 4.98 Å². The first-order valence-electron chi connectivity index (χ1n) is 5.13. The lowest BCUT2D eigenvalue weighted by Crippen LogP contribution is -1.94. The number of hydrogen-bond acceptors (Lipinski definition) is 3. The van der Waals surface area contributed by atoms with Gasteiger partial charge in [0, 0.05) is 10.7 Å². The molecule has 0 amide bonds. The van der Waals surface area contributed by atoms with Crippen molar-refractivity contribution in [3.05, 3.63) is 46.6 Å². The fourth-order valence-corrected chi connectivity index (χ4v) is 1.92. The Kier molecular flexibility index (Phi) is 3.64. The van der Waals surface area contributed by atoms with Gasteiger partial charge < -0.3 is 9.47 Å². The van der Waals surface area contributed by atoms with Crippen LogP contribution in [0.25, 0.3) is 0 Å². The molecule has 0 N–H and O–H groups in total. The van der Waals surface area contributed by atoms with E-state index in [0.29, 0.717) is 11.6 Å². The largest absolute Gasteiger partial charge is 0.491 e. The van der Waals surface area contributed by atoms with E-state index in [2.05, 4.69) is 20.9 Å². The van der Waals surface area contributed by atoms with Crippen LogP contribution in [-0.4, -0.2) is 12.1 Å². The number of nitrogens with zero attached hydrogens (tertiary/aromatic N) is 1. The third-order valence-electron chi connectivity index (χ3n) is 2.30. The Labute approximate surface area is 109 Å². The maximum absolute atomic E-state index is 5.73. The van der Waals surface area contributed by atoms with Crippen LogP contribution in [0.15, 0.2) is 41.0 Å². The second kappa shape index (κ2) is 5.19. The second-order valence-corrected chi connectivity index (χ2v) is 4.44. The molecule has 0 aliphatic rings. The number of pyridine rings is 1. The van der Waals surface area contributed by atoms with E-state index in [0.717, 1.165) is 15.8 Å². The Morgan fingerprint density at radius 1 is 1.18 bits per heavy atom. The predicted molar refractivity (Wildman–Crippen MR) is 69.7 cm³/mol. The molecule has 1 aromatic heterocycles. The summed E-state index contributed by atoms with van der Waals surface area (Å²) in [5.41, 5.74) is 1.03. The lowest BCUT2D eigenvalue weighted by Gasteiger charge is -2.10. The van der Waals surface area contributed by atoms with E-state index < -0.39 is 0 Å². The van der Waals surface area contributed by atoms with Crippen molar-refractivity contribution in [2.45, 2.75) is 6.92 Å². The van der Waals surface area contributed by atoms with Gasteiger partial charge in [0.15, 0.2) is 5.75 Å². The zero-order chi connectivity index (χ0) is 12.3. The molecule has 0 unspecified atom stereocenters. The number of benzene rings is 1. The van der Waals surface area contributed by atoms with Crippen molar-refractivity contribution in [1.29, 1.82) is 0 Å². The van der Waals surface area contributed by atoms with Gasteiger partial charge in [-0.2, -0.15) is 0 Å². The normalized spacial score (nSPS) is 10.1. The molecule has 0 bridgehead atoms. The highest BCUT2D eigenvalue weighted by Crippen LogP contribution is 2.31. The molecule has 0 atom stereocenters. The van der Waals surface area contributed by atoms with E-state index in [1.54, 1.807) is 19.4 Å². The lowest BCUT2D eigenvalue weighted by molar-refractivity contribution is 0.369. The SMILES string of the molecule is COc1cccnc1Oc1ccc(Br)cc1C. The van der Waals surface area contributed by atoms with E-state index in [9.17, 15) is 0 Å². The second-order valence-electron chi connectivity index (χ2n) is 3.52. The molecular formula is C13H12BrNO2. The van der Waals surface area contributed by atoms with Crippen LogP contribution in [0.2, 0.25) is 0 Å². The molecule has 1 aromatic carbocycles. The fraction of sp³-hybridized carbons (Fsp3) is 0.154. The average molecular weight is 294 g/mol. The molecule has 2 rings (SSSR count). The number of aromatic nitrogens is 1. The number of rotatable bonds is 3. The van der Waals surface area contributed by atoms with Crippen molar-refractivity contribution in [3.63, 3.8) is 0 Å².